The molecule has 5 heteroatoms. The summed E-state index contributed by atoms with van der Waals surface area (Å²) in [6, 6.07) is 9.64. The summed E-state index contributed by atoms with van der Waals surface area (Å²) in [7, 11) is 0. The van der Waals surface area contributed by atoms with Gasteiger partial charge >= 0.3 is 6.09 Å². The van der Waals surface area contributed by atoms with Crippen LogP contribution >= 0.6 is 0 Å². The summed E-state index contributed by atoms with van der Waals surface area (Å²) >= 11 is 0. The lowest BCUT2D eigenvalue weighted by Crippen LogP contribution is -2.62. The van der Waals surface area contributed by atoms with E-state index in [1.165, 1.54) is 0 Å². The molecule has 1 saturated carbocycles. The van der Waals surface area contributed by atoms with Crippen LogP contribution in [0.3, 0.4) is 0 Å². The van der Waals surface area contributed by atoms with Crippen molar-refractivity contribution in [1.29, 1.82) is 0 Å². The van der Waals surface area contributed by atoms with Gasteiger partial charge in [0.1, 0.15) is 5.60 Å². The second-order valence-corrected chi connectivity index (χ2v) is 6.86. The number of para-hydroxylation sites is 1. The Kier molecular flexibility index (Phi) is 3.68. The predicted molar refractivity (Wildman–Crippen MR) is 90.5 cm³/mol. The zero-order valence-electron chi connectivity index (χ0n) is 13.8. The Balaban J connectivity index is 1.73. The van der Waals surface area contributed by atoms with Gasteiger partial charge in [0.25, 0.3) is 0 Å². The summed E-state index contributed by atoms with van der Waals surface area (Å²) in [5.74, 6) is 0.302. The van der Waals surface area contributed by atoms with Crippen LogP contribution in [0.15, 0.2) is 36.5 Å². The fraction of sp³-hybridized carbons (Fsp3) is 0.474. The van der Waals surface area contributed by atoms with Crippen LogP contribution in [0.2, 0.25) is 0 Å². The molecule has 24 heavy (non-hydrogen) atoms. The topological polar surface area (TPSA) is 62.7 Å². The fourth-order valence-corrected chi connectivity index (χ4v) is 4.31. The van der Waals surface area contributed by atoms with Gasteiger partial charge in [0.15, 0.2) is 0 Å². The highest BCUT2D eigenvalue weighted by molar-refractivity contribution is 5.79. The Hall–Kier alpha value is -2.14. The van der Waals surface area contributed by atoms with Gasteiger partial charge in [-0.2, -0.15) is 0 Å². The molecule has 1 amide bonds. The van der Waals surface area contributed by atoms with E-state index in [2.05, 4.69) is 4.98 Å². The maximum Gasteiger partial charge on any atom is 0.410 e. The number of ether oxygens (including phenoxy) is 1. The molecule has 126 valence electrons. The highest BCUT2D eigenvalue weighted by Crippen LogP contribution is 2.47. The number of aliphatic hydroxyl groups is 1. The molecule has 5 rings (SSSR count). The lowest BCUT2D eigenvalue weighted by molar-refractivity contribution is -0.128. The average Bonchev–Trinajstić information content (AvgIpc) is 2.61. The number of carbonyl (C=O) groups is 1. The smallest absolute Gasteiger partial charge is 0.410 e. The molecule has 3 unspecified atom stereocenters. The number of nitrogens with zero attached hydrogens (tertiary/aromatic N) is 2. The van der Waals surface area contributed by atoms with Crippen LogP contribution in [-0.4, -0.2) is 40.3 Å². The average molecular weight is 326 g/mol. The molecule has 1 aromatic carbocycles. The van der Waals surface area contributed by atoms with Gasteiger partial charge in [0.05, 0.1) is 18.2 Å². The zero-order valence-corrected chi connectivity index (χ0v) is 13.8. The Labute approximate surface area is 141 Å². The van der Waals surface area contributed by atoms with Crippen molar-refractivity contribution in [3.63, 3.8) is 0 Å². The van der Waals surface area contributed by atoms with Crippen molar-refractivity contribution in [3.8, 4) is 0 Å². The van der Waals surface area contributed by atoms with Crippen molar-refractivity contribution >= 4 is 17.0 Å². The predicted octanol–water partition coefficient (Wildman–Crippen LogP) is 3.06. The van der Waals surface area contributed by atoms with Crippen LogP contribution in [0, 0.1) is 5.92 Å². The number of rotatable bonds is 2. The molecule has 0 radical (unpaired) electrons. The van der Waals surface area contributed by atoms with Gasteiger partial charge in [-0.15, -0.1) is 0 Å². The molecule has 1 N–H and O–H groups in total. The van der Waals surface area contributed by atoms with Crippen LogP contribution in [0.5, 0.6) is 0 Å². The first-order valence-corrected chi connectivity index (χ1v) is 8.63. The molecule has 0 spiro atoms. The minimum Gasteiger partial charge on any atom is -0.450 e. The minimum absolute atomic E-state index is 0.246. The van der Waals surface area contributed by atoms with Gasteiger partial charge < -0.3 is 14.7 Å². The Morgan fingerprint density at radius 3 is 3.04 bits per heavy atom. The largest absolute Gasteiger partial charge is 0.450 e. The van der Waals surface area contributed by atoms with Gasteiger partial charge in [-0.25, -0.2) is 4.79 Å². The molecule has 2 aromatic rings. The van der Waals surface area contributed by atoms with E-state index in [1.54, 1.807) is 18.0 Å². The van der Waals surface area contributed by atoms with Gasteiger partial charge in [0, 0.05) is 23.7 Å². The van der Waals surface area contributed by atoms with Crippen molar-refractivity contribution in [3.05, 3.63) is 42.1 Å². The lowest BCUT2D eigenvalue weighted by atomic mass is 9.67. The number of aromatic nitrogens is 1. The molecule has 3 heterocycles. The third-order valence-electron chi connectivity index (χ3n) is 5.42. The van der Waals surface area contributed by atoms with E-state index < -0.39 is 5.60 Å². The second-order valence-electron chi connectivity index (χ2n) is 6.86. The number of carbonyl (C=O) groups excluding carboxylic acids is 1. The van der Waals surface area contributed by atoms with Crippen LogP contribution in [0.4, 0.5) is 4.79 Å². The van der Waals surface area contributed by atoms with Crippen molar-refractivity contribution in [1.82, 2.24) is 9.88 Å². The summed E-state index contributed by atoms with van der Waals surface area (Å²) in [5.41, 5.74) is 0.656. The summed E-state index contributed by atoms with van der Waals surface area (Å²) < 4.78 is 5.19. The van der Waals surface area contributed by atoms with Crippen molar-refractivity contribution in [2.75, 3.05) is 13.2 Å². The van der Waals surface area contributed by atoms with Gasteiger partial charge in [-0.3, -0.25) is 4.98 Å². The van der Waals surface area contributed by atoms with Gasteiger partial charge in [0.2, 0.25) is 0 Å². The molecule has 2 bridgehead atoms. The van der Waals surface area contributed by atoms with Gasteiger partial charge in [-0.05, 0) is 44.2 Å². The number of hydrogen-bond acceptors (Lipinski definition) is 4. The second kappa shape index (κ2) is 5.74. The first kappa shape index (κ1) is 15.4. The van der Waals surface area contributed by atoms with Crippen LogP contribution < -0.4 is 0 Å². The molecule has 1 aromatic heterocycles. The van der Waals surface area contributed by atoms with E-state index in [1.807, 2.05) is 30.3 Å². The number of hydrogen-bond donors (Lipinski definition) is 1. The number of pyridine rings is 1. The fourth-order valence-electron chi connectivity index (χ4n) is 4.31. The molecule has 2 saturated heterocycles. The van der Waals surface area contributed by atoms with Crippen LogP contribution in [-0.2, 0) is 10.3 Å². The third kappa shape index (κ3) is 2.35. The Bertz CT molecular complexity index is 778. The van der Waals surface area contributed by atoms with E-state index in [0.29, 0.717) is 25.5 Å². The molecular formula is C19H22N2O3. The summed E-state index contributed by atoms with van der Waals surface area (Å²) in [6.45, 7) is 2.83. The number of piperidine rings is 2. The molecule has 3 atom stereocenters. The number of amides is 1. The Morgan fingerprint density at radius 2 is 2.25 bits per heavy atom. The zero-order chi connectivity index (χ0) is 16.7. The van der Waals surface area contributed by atoms with Crippen molar-refractivity contribution in [2.45, 2.75) is 37.8 Å². The molecule has 5 nitrogen and oxygen atoms in total. The van der Waals surface area contributed by atoms with E-state index >= 15 is 0 Å². The van der Waals surface area contributed by atoms with Gasteiger partial charge in [-0.1, -0.05) is 18.2 Å². The normalized spacial score (nSPS) is 29.0. The molecule has 1 aliphatic carbocycles. The maximum atomic E-state index is 12.3. The molecule has 2 aliphatic heterocycles. The summed E-state index contributed by atoms with van der Waals surface area (Å²) in [6.07, 6.45) is 3.95. The van der Waals surface area contributed by atoms with E-state index in [0.717, 1.165) is 29.3 Å². The van der Waals surface area contributed by atoms with Crippen LogP contribution in [0.25, 0.3) is 10.9 Å². The highest BCUT2D eigenvalue weighted by atomic mass is 16.6. The summed E-state index contributed by atoms with van der Waals surface area (Å²) in [4.78, 5) is 18.5. The number of benzene rings is 1. The van der Waals surface area contributed by atoms with Crippen molar-refractivity contribution in [2.24, 2.45) is 5.92 Å². The summed E-state index contributed by atoms with van der Waals surface area (Å²) in [5, 5.41) is 12.5. The van der Waals surface area contributed by atoms with E-state index in [4.69, 9.17) is 4.74 Å². The SMILES string of the molecule is CCOC(=O)N1CC2CCC1C(O)(c1cnc3ccccc3c1)C2. The quantitative estimate of drug-likeness (QED) is 0.921. The standard InChI is InChI=1S/C19H22N2O3/c1-2-24-18(22)21-12-13-7-8-17(21)19(23,10-13)15-9-14-5-3-4-6-16(14)20-11-15/h3-6,9,11,13,17,23H,2,7-8,10,12H2,1H3. The first-order valence-electron chi connectivity index (χ1n) is 8.63. The molecule has 3 fully saturated rings. The molecule has 3 aliphatic rings. The van der Waals surface area contributed by atoms with Crippen molar-refractivity contribution < 1.29 is 14.6 Å². The third-order valence-corrected chi connectivity index (χ3v) is 5.42. The molecular weight excluding hydrogens is 304 g/mol. The van der Waals surface area contributed by atoms with E-state index in [9.17, 15) is 9.90 Å². The number of fused-ring (bicyclic) bond motifs is 4. The first-order chi connectivity index (χ1) is 11.6. The van der Waals surface area contributed by atoms with E-state index in [-0.39, 0.29) is 12.1 Å². The minimum atomic E-state index is -1.05. The monoisotopic (exact) mass is 326 g/mol. The highest BCUT2D eigenvalue weighted by Gasteiger charge is 2.53. The Morgan fingerprint density at radius 1 is 1.42 bits per heavy atom. The maximum absolute atomic E-state index is 12.3. The lowest BCUT2D eigenvalue weighted by Gasteiger charge is -2.53. The van der Waals surface area contributed by atoms with Crippen LogP contribution in [0.1, 0.15) is 31.7 Å².